The lowest BCUT2D eigenvalue weighted by Gasteiger charge is -2.36. The van der Waals surface area contributed by atoms with Gasteiger partial charge in [-0.1, -0.05) is 76.9 Å². The Morgan fingerprint density at radius 3 is 1.47 bits per heavy atom. The fourth-order valence-electron chi connectivity index (χ4n) is 4.12. The number of carboxylic acid groups (broad SMARTS) is 3. The van der Waals surface area contributed by atoms with E-state index in [4.69, 9.17) is 10.2 Å². The maximum atomic E-state index is 11.1. The molecule has 7 nitrogen and oxygen atoms in total. The number of unbranched alkanes of at least 4 members (excludes halogenated alkanes) is 13. The summed E-state index contributed by atoms with van der Waals surface area (Å²) < 4.78 is -0.512. The van der Waals surface area contributed by atoms with Crippen molar-refractivity contribution in [2.75, 3.05) is 26.2 Å². The summed E-state index contributed by atoms with van der Waals surface area (Å²) in [6.07, 6.45) is 22.1. The first-order valence-electron chi connectivity index (χ1n) is 12.4. The minimum absolute atomic E-state index is 0.203. The van der Waals surface area contributed by atoms with Crippen molar-refractivity contribution in [3.8, 4) is 0 Å². The molecule has 2 N–H and O–H groups in total. The summed E-state index contributed by atoms with van der Waals surface area (Å²) >= 11 is 0. The molecule has 0 heterocycles. The number of carbonyl (C=O) groups is 3. The van der Waals surface area contributed by atoms with E-state index in [2.05, 4.69) is 19.1 Å². The standard InChI is InChI=1S/C25H45NO6/c1-2-3-4-5-6-7-8-9-10-11-12-13-14-15-16-17-18-19-26(20-23(27)28,21-24(29)30)22-25(31)32/h13-14H,2-12,15-22H2,1H3,(H2-,27,28,29,30,31,32)/b14-13+. The summed E-state index contributed by atoms with van der Waals surface area (Å²) in [5.41, 5.74) is 0. The molecule has 0 spiro atoms. The van der Waals surface area contributed by atoms with E-state index in [0.29, 0.717) is 6.42 Å². The van der Waals surface area contributed by atoms with E-state index in [1.165, 1.54) is 64.2 Å². The van der Waals surface area contributed by atoms with Crippen LogP contribution < -0.4 is 5.11 Å². The van der Waals surface area contributed by atoms with E-state index in [-0.39, 0.29) is 6.54 Å². The van der Waals surface area contributed by atoms with Crippen LogP contribution in [-0.2, 0) is 14.4 Å². The zero-order chi connectivity index (χ0) is 24.1. The van der Waals surface area contributed by atoms with Crippen LogP contribution in [0.1, 0.15) is 103 Å². The van der Waals surface area contributed by atoms with Crippen LogP contribution in [-0.4, -0.2) is 58.8 Å². The molecule has 0 aromatic carbocycles. The average Bonchev–Trinajstić information content (AvgIpc) is 2.68. The van der Waals surface area contributed by atoms with Gasteiger partial charge in [0.05, 0.1) is 12.5 Å². The highest BCUT2D eigenvalue weighted by Crippen LogP contribution is 2.13. The van der Waals surface area contributed by atoms with Crippen LogP contribution in [0, 0.1) is 0 Å². The molecule has 0 aliphatic heterocycles. The van der Waals surface area contributed by atoms with E-state index >= 15 is 0 Å². The minimum Gasteiger partial charge on any atom is -0.544 e. The molecule has 0 radical (unpaired) electrons. The molecule has 0 amide bonds. The lowest BCUT2D eigenvalue weighted by atomic mass is 10.1. The largest absolute Gasteiger partial charge is 0.544 e. The Labute approximate surface area is 194 Å². The molecule has 0 unspecified atom stereocenters. The first-order chi connectivity index (χ1) is 15.3. The van der Waals surface area contributed by atoms with Crippen LogP contribution in [0.15, 0.2) is 12.2 Å². The topological polar surface area (TPSA) is 115 Å². The number of hydrogen-bond acceptors (Lipinski definition) is 4. The van der Waals surface area contributed by atoms with E-state index < -0.39 is 42.0 Å². The Kier molecular flexibility index (Phi) is 18.6. The molecule has 0 saturated heterocycles. The van der Waals surface area contributed by atoms with Crippen molar-refractivity contribution >= 4 is 17.9 Å². The SMILES string of the molecule is CCCCCCCCCCCC/C=C/CCCCC[N+](CC(=O)[O-])(CC(=O)O)CC(=O)O. The Morgan fingerprint density at radius 2 is 1.06 bits per heavy atom. The molecule has 0 aliphatic rings. The Balaban J connectivity index is 3.89. The number of allylic oxidation sites excluding steroid dienone is 2. The van der Waals surface area contributed by atoms with Gasteiger partial charge in [0.15, 0.2) is 13.1 Å². The third-order valence-corrected chi connectivity index (χ3v) is 5.80. The second-order valence-corrected chi connectivity index (χ2v) is 8.99. The highest BCUT2D eigenvalue weighted by atomic mass is 16.4. The van der Waals surface area contributed by atoms with E-state index in [9.17, 15) is 19.5 Å². The molecule has 32 heavy (non-hydrogen) atoms. The van der Waals surface area contributed by atoms with Crippen LogP contribution in [0.3, 0.4) is 0 Å². The Hall–Kier alpha value is -1.89. The molecular weight excluding hydrogens is 410 g/mol. The third kappa shape index (κ3) is 18.8. The van der Waals surface area contributed by atoms with Gasteiger partial charge in [-0.3, -0.25) is 0 Å². The van der Waals surface area contributed by atoms with Gasteiger partial charge >= 0.3 is 11.9 Å². The summed E-state index contributed by atoms with van der Waals surface area (Å²) in [6.45, 7) is 0.791. The van der Waals surface area contributed by atoms with Crippen LogP contribution in [0.25, 0.3) is 0 Å². The van der Waals surface area contributed by atoms with Gasteiger partial charge in [-0.25, -0.2) is 9.59 Å². The van der Waals surface area contributed by atoms with Gasteiger partial charge in [0, 0.05) is 0 Å². The Bertz CT molecular complexity index is 506. The summed E-state index contributed by atoms with van der Waals surface area (Å²) in [5.74, 6) is -3.84. The first-order valence-corrected chi connectivity index (χ1v) is 12.4. The Morgan fingerprint density at radius 1 is 0.656 bits per heavy atom. The molecule has 186 valence electrons. The van der Waals surface area contributed by atoms with Crippen molar-refractivity contribution in [1.82, 2.24) is 0 Å². The van der Waals surface area contributed by atoms with Crippen molar-refractivity contribution in [1.29, 1.82) is 0 Å². The molecule has 0 aromatic rings. The number of rotatable bonds is 23. The zero-order valence-corrected chi connectivity index (χ0v) is 20.1. The van der Waals surface area contributed by atoms with Gasteiger partial charge in [-0.05, 0) is 38.5 Å². The molecule has 0 saturated carbocycles. The second-order valence-electron chi connectivity index (χ2n) is 8.99. The van der Waals surface area contributed by atoms with Crippen molar-refractivity contribution in [3.05, 3.63) is 12.2 Å². The van der Waals surface area contributed by atoms with E-state index in [1.807, 2.05) is 0 Å². The van der Waals surface area contributed by atoms with E-state index in [0.717, 1.165) is 25.7 Å². The van der Waals surface area contributed by atoms with Gasteiger partial charge in [0.1, 0.15) is 6.54 Å². The predicted octanol–water partition coefficient (Wildman–Crippen LogP) is 4.15. The molecule has 0 aliphatic carbocycles. The molecule has 0 atom stereocenters. The smallest absolute Gasteiger partial charge is 0.359 e. The normalized spacial score (nSPS) is 11.8. The third-order valence-electron chi connectivity index (χ3n) is 5.80. The van der Waals surface area contributed by atoms with Crippen LogP contribution in [0.2, 0.25) is 0 Å². The van der Waals surface area contributed by atoms with Crippen molar-refractivity contribution in [2.24, 2.45) is 0 Å². The van der Waals surface area contributed by atoms with Crippen molar-refractivity contribution in [2.45, 2.75) is 103 Å². The predicted molar refractivity (Wildman–Crippen MR) is 124 cm³/mol. The number of carbonyl (C=O) groups excluding carboxylic acids is 1. The monoisotopic (exact) mass is 455 g/mol. The number of aliphatic carboxylic acids is 3. The van der Waals surface area contributed by atoms with Gasteiger partial charge in [-0.15, -0.1) is 0 Å². The number of quaternary nitrogens is 1. The fraction of sp³-hybridized carbons (Fsp3) is 0.800. The summed E-state index contributed by atoms with van der Waals surface area (Å²) in [7, 11) is 0. The molecule has 0 bridgehead atoms. The van der Waals surface area contributed by atoms with Gasteiger partial charge in [0.25, 0.3) is 0 Å². The average molecular weight is 456 g/mol. The fourth-order valence-corrected chi connectivity index (χ4v) is 4.12. The molecule has 0 aromatic heterocycles. The van der Waals surface area contributed by atoms with Gasteiger partial charge < -0.3 is 24.6 Å². The minimum atomic E-state index is -1.43. The number of carboxylic acids is 3. The number of nitrogens with zero attached hydrogens (tertiary/aromatic N) is 1. The molecule has 0 rings (SSSR count). The molecule has 7 heteroatoms. The summed E-state index contributed by atoms with van der Waals surface area (Å²) in [5, 5.41) is 29.2. The summed E-state index contributed by atoms with van der Waals surface area (Å²) in [4.78, 5) is 33.3. The molecular formula is C25H45NO6. The summed E-state index contributed by atoms with van der Waals surface area (Å²) in [6, 6.07) is 0. The lowest BCUT2D eigenvalue weighted by molar-refractivity contribution is -0.909. The van der Waals surface area contributed by atoms with Crippen LogP contribution in [0.4, 0.5) is 0 Å². The highest BCUT2D eigenvalue weighted by Gasteiger charge is 2.33. The highest BCUT2D eigenvalue weighted by molar-refractivity contribution is 5.72. The van der Waals surface area contributed by atoms with Crippen LogP contribution >= 0.6 is 0 Å². The zero-order valence-electron chi connectivity index (χ0n) is 20.1. The van der Waals surface area contributed by atoms with Gasteiger partial charge in [-0.2, -0.15) is 0 Å². The second kappa shape index (κ2) is 19.8. The van der Waals surface area contributed by atoms with Gasteiger partial charge in [0.2, 0.25) is 0 Å². The van der Waals surface area contributed by atoms with Crippen molar-refractivity contribution < 1.29 is 34.2 Å². The van der Waals surface area contributed by atoms with Crippen molar-refractivity contribution in [3.63, 3.8) is 0 Å². The molecule has 0 fully saturated rings. The quantitative estimate of drug-likeness (QED) is 0.136. The maximum Gasteiger partial charge on any atom is 0.359 e. The number of hydrogen-bond donors (Lipinski definition) is 2. The lowest BCUT2D eigenvalue weighted by Crippen LogP contribution is -2.59. The first kappa shape index (κ1) is 30.1. The van der Waals surface area contributed by atoms with E-state index in [1.54, 1.807) is 0 Å². The maximum absolute atomic E-state index is 11.1. The van der Waals surface area contributed by atoms with Crippen LogP contribution in [0.5, 0.6) is 0 Å².